The predicted octanol–water partition coefficient (Wildman–Crippen LogP) is 3.47. The number of nitrogens with zero attached hydrogens (tertiary/aromatic N) is 2. The summed E-state index contributed by atoms with van der Waals surface area (Å²) in [7, 11) is 0. The molecular formula is C19H17N3O3. The normalized spacial score (nSPS) is 12.2. The van der Waals surface area contributed by atoms with Gasteiger partial charge in [0.05, 0.1) is 5.56 Å². The molecule has 4 rings (SSSR count). The molecule has 1 amide bonds. The van der Waals surface area contributed by atoms with Gasteiger partial charge in [-0.05, 0) is 44.2 Å². The molecule has 1 N–H and O–H groups in total. The molecule has 3 heterocycles. The van der Waals surface area contributed by atoms with Crippen LogP contribution in [0.3, 0.4) is 0 Å². The van der Waals surface area contributed by atoms with Crippen molar-refractivity contribution in [1.82, 2.24) is 9.55 Å². The Morgan fingerprint density at radius 2 is 1.96 bits per heavy atom. The summed E-state index contributed by atoms with van der Waals surface area (Å²) in [5.41, 5.74) is 3.07. The third-order valence-corrected chi connectivity index (χ3v) is 4.18. The number of ether oxygens (including phenoxy) is 2. The number of amides is 1. The second-order valence-electron chi connectivity index (χ2n) is 5.83. The van der Waals surface area contributed by atoms with Gasteiger partial charge in [-0.3, -0.25) is 4.79 Å². The Labute approximate surface area is 145 Å². The van der Waals surface area contributed by atoms with Crippen LogP contribution in [-0.4, -0.2) is 22.3 Å². The first-order valence-electron chi connectivity index (χ1n) is 7.95. The lowest BCUT2D eigenvalue weighted by Gasteiger charge is -2.09. The van der Waals surface area contributed by atoms with Crippen LogP contribution in [0.1, 0.15) is 21.7 Å². The topological polar surface area (TPSA) is 65.4 Å². The molecule has 1 aliphatic rings. The van der Waals surface area contributed by atoms with E-state index in [-0.39, 0.29) is 12.7 Å². The van der Waals surface area contributed by atoms with Crippen LogP contribution in [0.25, 0.3) is 5.82 Å². The molecule has 0 radical (unpaired) electrons. The van der Waals surface area contributed by atoms with Crippen LogP contribution < -0.4 is 14.8 Å². The summed E-state index contributed by atoms with van der Waals surface area (Å²) < 4.78 is 12.6. The lowest BCUT2D eigenvalue weighted by atomic mass is 10.2. The molecule has 0 fully saturated rings. The summed E-state index contributed by atoms with van der Waals surface area (Å²) in [6, 6.07) is 12.9. The SMILES string of the molecule is Cc1cc(C(=O)Nc2ccc3c(c2)OCO3)c(C)n1-c1ccccn1. The molecule has 0 unspecified atom stereocenters. The third-order valence-electron chi connectivity index (χ3n) is 4.18. The van der Waals surface area contributed by atoms with Gasteiger partial charge in [-0.2, -0.15) is 0 Å². The Morgan fingerprint density at radius 1 is 1.12 bits per heavy atom. The molecule has 25 heavy (non-hydrogen) atoms. The van der Waals surface area contributed by atoms with Gasteiger partial charge in [-0.25, -0.2) is 4.98 Å². The number of anilines is 1. The van der Waals surface area contributed by atoms with Crippen molar-refractivity contribution in [2.24, 2.45) is 0 Å². The smallest absolute Gasteiger partial charge is 0.257 e. The molecule has 6 heteroatoms. The van der Waals surface area contributed by atoms with Gasteiger partial charge in [-0.1, -0.05) is 6.07 Å². The highest BCUT2D eigenvalue weighted by atomic mass is 16.7. The minimum Gasteiger partial charge on any atom is -0.454 e. The van der Waals surface area contributed by atoms with Crippen molar-refractivity contribution >= 4 is 11.6 Å². The molecule has 2 aromatic heterocycles. The van der Waals surface area contributed by atoms with E-state index in [0.717, 1.165) is 17.2 Å². The van der Waals surface area contributed by atoms with Crippen molar-refractivity contribution < 1.29 is 14.3 Å². The molecule has 0 saturated heterocycles. The molecule has 3 aromatic rings. The molecule has 0 bridgehead atoms. The fourth-order valence-corrected chi connectivity index (χ4v) is 3.00. The Morgan fingerprint density at radius 3 is 2.76 bits per heavy atom. The minimum atomic E-state index is -0.172. The summed E-state index contributed by atoms with van der Waals surface area (Å²) in [5.74, 6) is 1.94. The average molecular weight is 335 g/mol. The van der Waals surface area contributed by atoms with Gasteiger partial charge < -0.3 is 19.4 Å². The fourth-order valence-electron chi connectivity index (χ4n) is 3.00. The predicted molar refractivity (Wildman–Crippen MR) is 93.6 cm³/mol. The maximum atomic E-state index is 12.7. The summed E-state index contributed by atoms with van der Waals surface area (Å²) in [4.78, 5) is 17.1. The van der Waals surface area contributed by atoms with E-state index in [9.17, 15) is 4.79 Å². The maximum absolute atomic E-state index is 12.7. The van der Waals surface area contributed by atoms with E-state index in [1.807, 2.05) is 42.7 Å². The zero-order chi connectivity index (χ0) is 17.4. The van der Waals surface area contributed by atoms with Crippen LogP contribution in [0.15, 0.2) is 48.7 Å². The first kappa shape index (κ1) is 15.3. The number of aromatic nitrogens is 2. The van der Waals surface area contributed by atoms with E-state index in [4.69, 9.17) is 9.47 Å². The van der Waals surface area contributed by atoms with Gasteiger partial charge in [0.1, 0.15) is 5.82 Å². The van der Waals surface area contributed by atoms with Crippen molar-refractivity contribution in [2.45, 2.75) is 13.8 Å². The van der Waals surface area contributed by atoms with Crippen LogP contribution >= 0.6 is 0 Å². The molecule has 0 aliphatic carbocycles. The number of pyridine rings is 1. The van der Waals surface area contributed by atoms with Crippen molar-refractivity contribution in [3.05, 3.63) is 65.6 Å². The van der Waals surface area contributed by atoms with E-state index in [2.05, 4.69) is 10.3 Å². The molecule has 0 saturated carbocycles. The number of rotatable bonds is 3. The van der Waals surface area contributed by atoms with Crippen molar-refractivity contribution in [3.63, 3.8) is 0 Å². The lowest BCUT2D eigenvalue weighted by molar-refractivity contribution is 0.102. The van der Waals surface area contributed by atoms with Crippen LogP contribution in [0.2, 0.25) is 0 Å². The summed E-state index contributed by atoms with van der Waals surface area (Å²) in [5, 5.41) is 2.91. The summed E-state index contributed by atoms with van der Waals surface area (Å²) in [6.07, 6.45) is 1.74. The van der Waals surface area contributed by atoms with Crippen LogP contribution in [0, 0.1) is 13.8 Å². The molecule has 126 valence electrons. The van der Waals surface area contributed by atoms with E-state index >= 15 is 0 Å². The zero-order valence-corrected chi connectivity index (χ0v) is 13.9. The summed E-state index contributed by atoms with van der Waals surface area (Å²) >= 11 is 0. The van der Waals surface area contributed by atoms with Crippen molar-refractivity contribution in [1.29, 1.82) is 0 Å². The molecule has 0 spiro atoms. The zero-order valence-electron chi connectivity index (χ0n) is 13.9. The third kappa shape index (κ3) is 2.71. The molecule has 0 atom stereocenters. The maximum Gasteiger partial charge on any atom is 0.257 e. The molecule has 1 aliphatic heterocycles. The minimum absolute atomic E-state index is 0.172. The Kier molecular flexibility index (Phi) is 3.65. The first-order valence-corrected chi connectivity index (χ1v) is 7.95. The fraction of sp³-hybridized carbons (Fsp3) is 0.158. The Hall–Kier alpha value is -3.28. The number of hydrogen-bond donors (Lipinski definition) is 1. The Bertz CT molecular complexity index is 948. The van der Waals surface area contributed by atoms with Crippen LogP contribution in [0.4, 0.5) is 5.69 Å². The number of fused-ring (bicyclic) bond motifs is 1. The van der Waals surface area contributed by atoms with Gasteiger partial charge >= 0.3 is 0 Å². The second-order valence-corrected chi connectivity index (χ2v) is 5.83. The number of aryl methyl sites for hydroxylation is 1. The molecular weight excluding hydrogens is 318 g/mol. The number of hydrogen-bond acceptors (Lipinski definition) is 4. The highest BCUT2D eigenvalue weighted by Gasteiger charge is 2.19. The summed E-state index contributed by atoms with van der Waals surface area (Å²) in [6.45, 7) is 4.08. The van der Waals surface area contributed by atoms with Crippen LogP contribution in [-0.2, 0) is 0 Å². The monoisotopic (exact) mass is 335 g/mol. The van der Waals surface area contributed by atoms with Crippen molar-refractivity contribution in [2.75, 3.05) is 12.1 Å². The van der Waals surface area contributed by atoms with Gasteiger partial charge in [-0.15, -0.1) is 0 Å². The largest absolute Gasteiger partial charge is 0.454 e. The van der Waals surface area contributed by atoms with Crippen molar-refractivity contribution in [3.8, 4) is 17.3 Å². The average Bonchev–Trinajstić information content (AvgIpc) is 3.19. The number of carbonyl (C=O) groups is 1. The molecule has 1 aromatic carbocycles. The highest BCUT2D eigenvalue weighted by Crippen LogP contribution is 2.34. The van der Waals surface area contributed by atoms with Gasteiger partial charge in [0.25, 0.3) is 5.91 Å². The quantitative estimate of drug-likeness (QED) is 0.796. The van der Waals surface area contributed by atoms with E-state index in [0.29, 0.717) is 22.7 Å². The van der Waals surface area contributed by atoms with Crippen LogP contribution in [0.5, 0.6) is 11.5 Å². The highest BCUT2D eigenvalue weighted by molar-refractivity contribution is 6.05. The second kappa shape index (κ2) is 5.98. The lowest BCUT2D eigenvalue weighted by Crippen LogP contribution is -2.13. The van der Waals surface area contributed by atoms with E-state index < -0.39 is 0 Å². The number of nitrogens with one attached hydrogen (secondary N) is 1. The Balaban J connectivity index is 1.63. The number of benzene rings is 1. The standard InChI is InChI=1S/C19H17N3O3/c1-12-9-15(13(2)22(12)18-5-3-4-8-20-18)19(23)21-14-6-7-16-17(10-14)25-11-24-16/h3-10H,11H2,1-2H3,(H,21,23). The van der Waals surface area contributed by atoms with E-state index in [1.165, 1.54) is 0 Å². The van der Waals surface area contributed by atoms with Gasteiger partial charge in [0.15, 0.2) is 11.5 Å². The van der Waals surface area contributed by atoms with E-state index in [1.54, 1.807) is 24.4 Å². The molecule has 6 nitrogen and oxygen atoms in total. The first-order chi connectivity index (χ1) is 12.1. The van der Waals surface area contributed by atoms with Gasteiger partial charge in [0.2, 0.25) is 6.79 Å². The van der Waals surface area contributed by atoms with Gasteiger partial charge in [0, 0.05) is 29.3 Å². The number of carbonyl (C=O) groups excluding carboxylic acids is 1.